The van der Waals surface area contributed by atoms with E-state index >= 15 is 0 Å². The highest BCUT2D eigenvalue weighted by Crippen LogP contribution is 2.27. The molecule has 2 N–H and O–H groups in total. The van der Waals surface area contributed by atoms with Gasteiger partial charge in [-0.05, 0) is 26.2 Å². The molecule has 2 amide bonds. The highest BCUT2D eigenvalue weighted by atomic mass is 16.4. The predicted molar refractivity (Wildman–Crippen MR) is 64.8 cm³/mol. The molecule has 5 heteroatoms. The number of hydrogen-bond acceptors (Lipinski definition) is 2. The van der Waals surface area contributed by atoms with Crippen molar-refractivity contribution in [3.63, 3.8) is 0 Å². The van der Waals surface area contributed by atoms with Crippen LogP contribution >= 0.6 is 0 Å². The lowest BCUT2D eigenvalue weighted by Gasteiger charge is -2.29. The lowest BCUT2D eigenvalue weighted by Crippen LogP contribution is -2.56. The van der Waals surface area contributed by atoms with Crippen LogP contribution in [-0.4, -0.2) is 40.1 Å². The molecular weight excluding hydrogens is 220 g/mol. The van der Waals surface area contributed by atoms with E-state index in [9.17, 15) is 9.59 Å². The number of amides is 2. The monoisotopic (exact) mass is 240 g/mol. The maximum absolute atomic E-state index is 12.0. The highest BCUT2D eigenvalue weighted by molar-refractivity contribution is 5.86. The fourth-order valence-electron chi connectivity index (χ4n) is 1.52. The minimum absolute atomic E-state index is 0.239. The van der Waals surface area contributed by atoms with E-state index in [0.29, 0.717) is 13.0 Å². The summed E-state index contributed by atoms with van der Waals surface area (Å²) in [6.07, 6.45) is 3.97. The van der Waals surface area contributed by atoms with Gasteiger partial charge in [0.25, 0.3) is 0 Å². The van der Waals surface area contributed by atoms with Crippen molar-refractivity contribution in [2.75, 3.05) is 6.54 Å². The molecule has 0 aromatic carbocycles. The van der Waals surface area contributed by atoms with Crippen LogP contribution in [0.15, 0.2) is 12.7 Å². The molecule has 0 bridgehead atoms. The van der Waals surface area contributed by atoms with Crippen molar-refractivity contribution in [2.24, 2.45) is 0 Å². The van der Waals surface area contributed by atoms with Crippen molar-refractivity contribution in [3.05, 3.63) is 12.7 Å². The second kappa shape index (κ2) is 5.21. The van der Waals surface area contributed by atoms with Crippen molar-refractivity contribution in [1.82, 2.24) is 10.2 Å². The molecule has 1 fully saturated rings. The van der Waals surface area contributed by atoms with E-state index < -0.39 is 11.5 Å². The van der Waals surface area contributed by atoms with Crippen molar-refractivity contribution < 1.29 is 14.7 Å². The normalized spacial score (nSPS) is 18.0. The maximum atomic E-state index is 12.0. The molecule has 0 aromatic heterocycles. The van der Waals surface area contributed by atoms with E-state index in [1.807, 2.05) is 0 Å². The molecule has 5 nitrogen and oxygen atoms in total. The number of carboxylic acids is 1. The first-order valence-electron chi connectivity index (χ1n) is 5.87. The summed E-state index contributed by atoms with van der Waals surface area (Å²) in [6.45, 7) is 7.32. The Hall–Kier alpha value is -1.52. The van der Waals surface area contributed by atoms with Gasteiger partial charge in [0.05, 0.1) is 0 Å². The quantitative estimate of drug-likeness (QED) is 0.693. The maximum Gasteiger partial charge on any atom is 0.329 e. The van der Waals surface area contributed by atoms with Crippen LogP contribution in [-0.2, 0) is 4.79 Å². The van der Waals surface area contributed by atoms with Crippen LogP contribution in [0, 0.1) is 0 Å². The minimum atomic E-state index is -1.20. The number of hydrogen-bond donors (Lipinski definition) is 2. The average Bonchev–Trinajstić information content (AvgIpc) is 3.09. The van der Waals surface area contributed by atoms with Crippen molar-refractivity contribution in [2.45, 2.75) is 44.7 Å². The minimum Gasteiger partial charge on any atom is -0.480 e. The van der Waals surface area contributed by atoms with Gasteiger partial charge in [-0.1, -0.05) is 13.0 Å². The molecule has 96 valence electrons. The third kappa shape index (κ3) is 3.22. The summed E-state index contributed by atoms with van der Waals surface area (Å²) < 4.78 is 0. The van der Waals surface area contributed by atoms with Crippen LogP contribution in [0.25, 0.3) is 0 Å². The first-order valence-corrected chi connectivity index (χ1v) is 5.87. The van der Waals surface area contributed by atoms with E-state index in [1.54, 1.807) is 17.9 Å². The largest absolute Gasteiger partial charge is 0.480 e. The van der Waals surface area contributed by atoms with Gasteiger partial charge in [-0.25, -0.2) is 9.59 Å². The zero-order valence-corrected chi connectivity index (χ0v) is 10.4. The van der Waals surface area contributed by atoms with E-state index in [4.69, 9.17) is 5.11 Å². The first-order chi connectivity index (χ1) is 7.94. The zero-order chi connectivity index (χ0) is 13.1. The zero-order valence-electron chi connectivity index (χ0n) is 10.4. The topological polar surface area (TPSA) is 69.6 Å². The molecule has 0 aliphatic heterocycles. The molecule has 1 atom stereocenters. The van der Waals surface area contributed by atoms with Crippen LogP contribution in [0.1, 0.15) is 33.1 Å². The molecule has 0 heterocycles. The Labute approximate surface area is 101 Å². The Morgan fingerprint density at radius 2 is 2.18 bits per heavy atom. The standard InChI is InChI=1S/C12H20N2O3/c1-4-8-14(9-6-7-9)11(17)13-12(3,5-2)10(15)16/h4,9H,1,5-8H2,2-3H3,(H,13,17)(H,15,16). The summed E-state index contributed by atoms with van der Waals surface area (Å²) in [4.78, 5) is 24.7. The van der Waals surface area contributed by atoms with Gasteiger partial charge < -0.3 is 15.3 Å². The number of nitrogens with one attached hydrogen (secondary N) is 1. The molecule has 1 saturated carbocycles. The van der Waals surface area contributed by atoms with Gasteiger partial charge in [-0.3, -0.25) is 0 Å². The van der Waals surface area contributed by atoms with E-state index in [2.05, 4.69) is 11.9 Å². The Bertz CT molecular complexity index is 326. The number of aliphatic carboxylic acids is 1. The molecule has 0 aromatic rings. The lowest BCUT2D eigenvalue weighted by molar-refractivity contribution is -0.143. The number of carboxylic acid groups (broad SMARTS) is 1. The summed E-state index contributed by atoms with van der Waals surface area (Å²) >= 11 is 0. The van der Waals surface area contributed by atoms with E-state index in [-0.39, 0.29) is 12.1 Å². The molecule has 0 radical (unpaired) electrons. The molecule has 1 aliphatic carbocycles. The predicted octanol–water partition coefficient (Wildman–Crippen LogP) is 1.60. The third-order valence-corrected chi connectivity index (χ3v) is 3.14. The number of rotatable bonds is 6. The highest BCUT2D eigenvalue weighted by Gasteiger charge is 2.38. The molecule has 1 unspecified atom stereocenters. The van der Waals surface area contributed by atoms with Crippen LogP contribution in [0.5, 0.6) is 0 Å². The van der Waals surface area contributed by atoms with Gasteiger partial charge in [0.1, 0.15) is 5.54 Å². The van der Waals surface area contributed by atoms with Crippen LogP contribution in [0.2, 0.25) is 0 Å². The van der Waals surface area contributed by atoms with Crippen molar-refractivity contribution in [3.8, 4) is 0 Å². The first kappa shape index (κ1) is 13.5. The Kier molecular flexibility index (Phi) is 4.15. The van der Waals surface area contributed by atoms with Crippen molar-refractivity contribution >= 4 is 12.0 Å². The van der Waals surface area contributed by atoms with Gasteiger partial charge in [0, 0.05) is 12.6 Å². The van der Waals surface area contributed by atoms with Crippen LogP contribution in [0.3, 0.4) is 0 Å². The molecule has 0 spiro atoms. The number of carbonyl (C=O) groups excluding carboxylic acids is 1. The number of carbonyl (C=O) groups is 2. The smallest absolute Gasteiger partial charge is 0.329 e. The van der Waals surface area contributed by atoms with Crippen LogP contribution in [0.4, 0.5) is 4.79 Å². The third-order valence-electron chi connectivity index (χ3n) is 3.14. The summed E-state index contributed by atoms with van der Waals surface area (Å²) in [5, 5.41) is 11.7. The second-order valence-electron chi connectivity index (χ2n) is 4.59. The molecule has 0 saturated heterocycles. The lowest BCUT2D eigenvalue weighted by atomic mass is 10.00. The fourth-order valence-corrected chi connectivity index (χ4v) is 1.52. The second-order valence-corrected chi connectivity index (χ2v) is 4.59. The van der Waals surface area contributed by atoms with Crippen LogP contribution < -0.4 is 5.32 Å². The molecule has 1 rings (SSSR count). The number of nitrogens with zero attached hydrogens (tertiary/aromatic N) is 1. The summed E-state index contributed by atoms with van der Waals surface area (Å²) in [6, 6.07) is -0.0814. The average molecular weight is 240 g/mol. The Balaban J connectivity index is 2.67. The SMILES string of the molecule is C=CCN(C(=O)NC(C)(CC)C(=O)O)C1CC1. The summed E-state index contributed by atoms with van der Waals surface area (Å²) in [5.74, 6) is -1.01. The van der Waals surface area contributed by atoms with Gasteiger partial charge in [-0.15, -0.1) is 6.58 Å². The van der Waals surface area contributed by atoms with Gasteiger partial charge in [0.2, 0.25) is 0 Å². The summed E-state index contributed by atoms with van der Waals surface area (Å²) in [7, 11) is 0. The van der Waals surface area contributed by atoms with Gasteiger partial charge >= 0.3 is 12.0 Å². The number of urea groups is 1. The molecule has 17 heavy (non-hydrogen) atoms. The Morgan fingerprint density at radius 1 is 1.59 bits per heavy atom. The fraction of sp³-hybridized carbons (Fsp3) is 0.667. The van der Waals surface area contributed by atoms with E-state index in [0.717, 1.165) is 12.8 Å². The molecular formula is C12H20N2O3. The van der Waals surface area contributed by atoms with Gasteiger partial charge in [-0.2, -0.15) is 0 Å². The van der Waals surface area contributed by atoms with Gasteiger partial charge in [0.15, 0.2) is 0 Å². The molecule has 1 aliphatic rings. The van der Waals surface area contributed by atoms with E-state index in [1.165, 1.54) is 6.92 Å². The Morgan fingerprint density at radius 3 is 2.53 bits per heavy atom. The summed E-state index contributed by atoms with van der Waals surface area (Å²) in [5.41, 5.74) is -1.20. The van der Waals surface area contributed by atoms with Crippen molar-refractivity contribution in [1.29, 1.82) is 0 Å².